The molecule has 0 spiro atoms. The van der Waals surface area contributed by atoms with Crippen LogP contribution in [0, 0.1) is 6.92 Å². The minimum absolute atomic E-state index is 0.0527. The molecule has 0 aliphatic rings. The minimum Gasteiger partial charge on any atom is -0.478 e. The minimum atomic E-state index is -1.29. The number of aliphatic hydroxyl groups is 2. The highest BCUT2D eigenvalue weighted by atomic mass is 16.4. The van der Waals surface area contributed by atoms with Crippen LogP contribution in [0.3, 0.4) is 0 Å². The van der Waals surface area contributed by atoms with E-state index in [2.05, 4.69) is 0 Å². The van der Waals surface area contributed by atoms with Crippen LogP contribution >= 0.6 is 0 Å². The molecule has 0 saturated carbocycles. The molecule has 17 heavy (non-hydrogen) atoms. The highest BCUT2D eigenvalue weighted by Crippen LogP contribution is 2.27. The third kappa shape index (κ3) is 2.73. The van der Waals surface area contributed by atoms with Crippen LogP contribution < -0.4 is 11.5 Å². The van der Waals surface area contributed by atoms with Gasteiger partial charge < -0.3 is 26.8 Å². The Labute approximate surface area is 98.5 Å². The number of carboxylic acid groups (broad SMARTS) is 1. The fourth-order valence-corrected chi connectivity index (χ4v) is 1.58. The van der Waals surface area contributed by atoms with E-state index in [1.54, 1.807) is 6.92 Å². The van der Waals surface area contributed by atoms with Crippen LogP contribution in [-0.2, 0) is 0 Å². The Balaban J connectivity index is 3.29. The lowest BCUT2D eigenvalue weighted by Crippen LogP contribution is -2.28. The van der Waals surface area contributed by atoms with Crippen molar-refractivity contribution in [3.05, 3.63) is 28.8 Å². The lowest BCUT2D eigenvalue weighted by molar-refractivity contribution is 0.0247. The zero-order chi connectivity index (χ0) is 13.2. The van der Waals surface area contributed by atoms with Gasteiger partial charge in [-0.05, 0) is 18.6 Å². The standard InChI is InChI=1S/C11H16N2O4/c1-5-2-6(10(15)8(14)4-12)9(13)7(3-5)11(16)17/h2-3,8,10,14-15H,4,12-13H2,1H3,(H,16,17). The molecule has 0 aliphatic heterocycles. The van der Waals surface area contributed by atoms with E-state index < -0.39 is 18.2 Å². The Morgan fingerprint density at radius 3 is 2.47 bits per heavy atom. The van der Waals surface area contributed by atoms with Crippen molar-refractivity contribution in [1.29, 1.82) is 0 Å². The van der Waals surface area contributed by atoms with Gasteiger partial charge in [0, 0.05) is 12.1 Å². The summed E-state index contributed by atoms with van der Waals surface area (Å²) in [6.45, 7) is 1.54. The third-order valence-corrected chi connectivity index (χ3v) is 2.51. The van der Waals surface area contributed by atoms with E-state index in [-0.39, 0.29) is 23.4 Å². The maximum atomic E-state index is 10.9. The second kappa shape index (κ2) is 5.13. The molecule has 0 amide bonds. The maximum Gasteiger partial charge on any atom is 0.337 e. The number of hydrogen-bond donors (Lipinski definition) is 5. The summed E-state index contributed by atoms with van der Waals surface area (Å²) < 4.78 is 0. The van der Waals surface area contributed by atoms with Crippen molar-refractivity contribution in [2.75, 3.05) is 12.3 Å². The van der Waals surface area contributed by atoms with Gasteiger partial charge in [-0.3, -0.25) is 0 Å². The van der Waals surface area contributed by atoms with Gasteiger partial charge in [0.25, 0.3) is 0 Å². The van der Waals surface area contributed by atoms with Gasteiger partial charge in [0.05, 0.1) is 17.4 Å². The van der Waals surface area contributed by atoms with E-state index in [4.69, 9.17) is 16.6 Å². The number of nitrogen functional groups attached to an aromatic ring is 1. The van der Waals surface area contributed by atoms with Crippen LogP contribution in [0.4, 0.5) is 5.69 Å². The average Bonchev–Trinajstić information content (AvgIpc) is 2.29. The molecule has 0 bridgehead atoms. The Bertz CT molecular complexity index is 434. The first-order valence-corrected chi connectivity index (χ1v) is 5.08. The number of carboxylic acids is 1. The lowest BCUT2D eigenvalue weighted by atomic mass is 9.96. The van der Waals surface area contributed by atoms with Gasteiger partial charge in [0.1, 0.15) is 6.10 Å². The second-order valence-corrected chi connectivity index (χ2v) is 3.87. The molecule has 0 aliphatic carbocycles. The number of carbonyl (C=O) groups is 1. The predicted molar refractivity (Wildman–Crippen MR) is 62.6 cm³/mol. The molecule has 94 valence electrons. The van der Waals surface area contributed by atoms with Crippen LogP contribution in [0.15, 0.2) is 12.1 Å². The first kappa shape index (κ1) is 13.4. The number of aliphatic hydroxyl groups excluding tert-OH is 2. The van der Waals surface area contributed by atoms with Crippen molar-refractivity contribution in [1.82, 2.24) is 0 Å². The summed E-state index contributed by atoms with van der Waals surface area (Å²) in [4.78, 5) is 10.9. The molecule has 1 aromatic carbocycles. The monoisotopic (exact) mass is 240 g/mol. The number of benzene rings is 1. The summed E-state index contributed by atoms with van der Waals surface area (Å²) >= 11 is 0. The quantitative estimate of drug-likeness (QED) is 0.456. The molecule has 1 aromatic rings. The van der Waals surface area contributed by atoms with E-state index in [9.17, 15) is 15.0 Å². The first-order valence-electron chi connectivity index (χ1n) is 5.08. The number of aryl methyl sites for hydroxylation is 1. The molecule has 6 heteroatoms. The number of anilines is 1. The largest absolute Gasteiger partial charge is 0.478 e. The fourth-order valence-electron chi connectivity index (χ4n) is 1.58. The number of rotatable bonds is 4. The molecule has 0 radical (unpaired) electrons. The SMILES string of the molecule is Cc1cc(C(=O)O)c(N)c(C(O)C(O)CN)c1. The van der Waals surface area contributed by atoms with Gasteiger partial charge in [-0.25, -0.2) is 4.79 Å². The molecule has 1 rings (SSSR count). The Hall–Kier alpha value is -1.63. The Morgan fingerprint density at radius 1 is 1.41 bits per heavy atom. The van der Waals surface area contributed by atoms with Crippen molar-refractivity contribution < 1.29 is 20.1 Å². The van der Waals surface area contributed by atoms with Crippen LogP contribution in [0.25, 0.3) is 0 Å². The van der Waals surface area contributed by atoms with Crippen LogP contribution in [0.1, 0.15) is 27.6 Å². The molecule has 7 N–H and O–H groups in total. The Morgan fingerprint density at radius 2 is 2.00 bits per heavy atom. The van der Waals surface area contributed by atoms with E-state index in [0.717, 1.165) is 0 Å². The van der Waals surface area contributed by atoms with Gasteiger partial charge in [-0.15, -0.1) is 0 Å². The molecule has 0 aromatic heterocycles. The molecular weight excluding hydrogens is 224 g/mol. The summed E-state index contributed by atoms with van der Waals surface area (Å²) in [6.07, 6.45) is -2.47. The van der Waals surface area contributed by atoms with E-state index in [1.807, 2.05) is 0 Å². The fraction of sp³-hybridized carbons (Fsp3) is 0.364. The van der Waals surface area contributed by atoms with Gasteiger partial charge >= 0.3 is 5.97 Å². The van der Waals surface area contributed by atoms with Crippen molar-refractivity contribution in [3.63, 3.8) is 0 Å². The van der Waals surface area contributed by atoms with Crippen molar-refractivity contribution in [2.45, 2.75) is 19.1 Å². The summed E-state index contributed by atoms with van der Waals surface area (Å²) in [5.74, 6) is -1.18. The zero-order valence-electron chi connectivity index (χ0n) is 9.42. The number of aromatic carboxylic acids is 1. The highest BCUT2D eigenvalue weighted by molar-refractivity contribution is 5.94. The molecule has 0 saturated heterocycles. The average molecular weight is 240 g/mol. The normalized spacial score (nSPS) is 14.4. The van der Waals surface area contributed by atoms with Gasteiger partial charge in [-0.1, -0.05) is 6.07 Å². The summed E-state index contributed by atoms with van der Waals surface area (Å²) in [6, 6.07) is 2.94. The van der Waals surface area contributed by atoms with E-state index in [1.165, 1.54) is 12.1 Å². The second-order valence-electron chi connectivity index (χ2n) is 3.87. The van der Waals surface area contributed by atoms with Gasteiger partial charge in [-0.2, -0.15) is 0 Å². The predicted octanol–water partition coefficient (Wildman–Crippen LogP) is -0.372. The number of nitrogens with two attached hydrogens (primary N) is 2. The smallest absolute Gasteiger partial charge is 0.337 e. The van der Waals surface area contributed by atoms with Crippen LogP contribution in [0.5, 0.6) is 0 Å². The van der Waals surface area contributed by atoms with Crippen LogP contribution in [0.2, 0.25) is 0 Å². The van der Waals surface area contributed by atoms with E-state index in [0.29, 0.717) is 5.56 Å². The third-order valence-electron chi connectivity index (χ3n) is 2.51. The molecule has 0 fully saturated rings. The van der Waals surface area contributed by atoms with Crippen LogP contribution in [-0.4, -0.2) is 33.9 Å². The van der Waals surface area contributed by atoms with Gasteiger partial charge in [0.15, 0.2) is 0 Å². The summed E-state index contributed by atoms with van der Waals surface area (Å²) in [5.41, 5.74) is 11.6. The first-order chi connectivity index (χ1) is 7.88. The molecule has 6 nitrogen and oxygen atoms in total. The molecule has 2 atom stereocenters. The van der Waals surface area contributed by atoms with Gasteiger partial charge in [0.2, 0.25) is 0 Å². The Kier molecular flexibility index (Phi) is 4.06. The van der Waals surface area contributed by atoms with E-state index >= 15 is 0 Å². The molecule has 0 heterocycles. The topological polar surface area (TPSA) is 130 Å². The molecule has 2 unspecified atom stereocenters. The number of hydrogen-bond acceptors (Lipinski definition) is 5. The summed E-state index contributed by atoms with van der Waals surface area (Å²) in [5, 5.41) is 28.2. The van der Waals surface area contributed by atoms with Crippen molar-refractivity contribution >= 4 is 11.7 Å². The lowest BCUT2D eigenvalue weighted by Gasteiger charge is -2.19. The summed E-state index contributed by atoms with van der Waals surface area (Å²) in [7, 11) is 0. The molecular formula is C11H16N2O4. The maximum absolute atomic E-state index is 10.9. The van der Waals surface area contributed by atoms with Crippen molar-refractivity contribution in [2.24, 2.45) is 5.73 Å². The van der Waals surface area contributed by atoms with Crippen molar-refractivity contribution in [3.8, 4) is 0 Å². The highest BCUT2D eigenvalue weighted by Gasteiger charge is 2.22. The zero-order valence-corrected chi connectivity index (χ0v) is 9.42.